The van der Waals surface area contributed by atoms with Gasteiger partial charge in [0.1, 0.15) is 0 Å². The summed E-state index contributed by atoms with van der Waals surface area (Å²) in [6.07, 6.45) is 0.277. The molecule has 2 amide bonds. The minimum atomic E-state index is -2.87. The van der Waals surface area contributed by atoms with Crippen LogP contribution in [-0.2, 0) is 11.3 Å². The molecule has 1 N–H and O–H groups in total. The molecule has 0 bridgehead atoms. The predicted molar refractivity (Wildman–Crippen MR) is 104 cm³/mol. The van der Waals surface area contributed by atoms with Crippen LogP contribution in [0.15, 0.2) is 22.6 Å². The van der Waals surface area contributed by atoms with E-state index in [-0.39, 0.29) is 23.9 Å². The molecule has 166 valence electrons. The molecular weight excluding hydrogens is 413 g/mol. The third kappa shape index (κ3) is 4.15. The van der Waals surface area contributed by atoms with E-state index in [0.29, 0.717) is 30.5 Å². The quantitative estimate of drug-likeness (QED) is 0.770. The van der Waals surface area contributed by atoms with Crippen molar-refractivity contribution >= 4 is 11.8 Å². The highest BCUT2D eigenvalue weighted by Gasteiger charge is 2.40. The third-order valence-electron chi connectivity index (χ3n) is 5.80. The number of benzene rings is 1. The molecule has 10 heteroatoms. The zero-order chi connectivity index (χ0) is 22.3. The van der Waals surface area contributed by atoms with E-state index in [0.717, 1.165) is 18.4 Å². The summed E-state index contributed by atoms with van der Waals surface area (Å²) in [6, 6.07) is 4.34. The summed E-state index contributed by atoms with van der Waals surface area (Å²) in [5.74, 6) is -1.78. The molecule has 7 nitrogen and oxygen atoms in total. The largest absolute Gasteiger partial charge is 0.415 e. The van der Waals surface area contributed by atoms with Crippen molar-refractivity contribution < 1.29 is 27.2 Å². The molecule has 2 aliphatic rings. The number of fused-ring (bicyclic) bond motifs is 1. The van der Waals surface area contributed by atoms with Crippen LogP contribution < -0.4 is 5.32 Å². The molecule has 1 aliphatic heterocycles. The Labute approximate surface area is 177 Å². The van der Waals surface area contributed by atoms with Gasteiger partial charge in [-0.05, 0) is 44.4 Å². The van der Waals surface area contributed by atoms with Gasteiger partial charge in [-0.2, -0.15) is 8.78 Å². The number of halogens is 3. The molecule has 1 saturated carbocycles. The molecule has 0 spiro atoms. The number of rotatable bonds is 5. The first kappa shape index (κ1) is 21.3. The summed E-state index contributed by atoms with van der Waals surface area (Å²) in [4.78, 5) is 27.0. The zero-order valence-corrected chi connectivity index (χ0v) is 17.2. The number of amides is 2. The van der Waals surface area contributed by atoms with Gasteiger partial charge in [0.15, 0.2) is 5.67 Å². The van der Waals surface area contributed by atoms with Crippen molar-refractivity contribution in [3.63, 3.8) is 0 Å². The van der Waals surface area contributed by atoms with Crippen molar-refractivity contribution in [2.45, 2.75) is 70.3 Å². The number of hydrogen-bond donors (Lipinski definition) is 1. The smallest absolute Gasteiger partial charge is 0.314 e. The van der Waals surface area contributed by atoms with E-state index in [9.17, 15) is 22.8 Å². The van der Waals surface area contributed by atoms with Crippen molar-refractivity contribution in [3.8, 4) is 11.5 Å². The lowest BCUT2D eigenvalue weighted by atomic mass is 9.88. The fourth-order valence-corrected chi connectivity index (χ4v) is 4.16. The molecule has 0 saturated heterocycles. The first-order valence-electron chi connectivity index (χ1n) is 10.2. The van der Waals surface area contributed by atoms with E-state index >= 15 is 0 Å². The molecule has 2 heterocycles. The molecule has 1 aromatic carbocycles. The Bertz CT molecular complexity index is 1000. The molecular formula is C21H23F3N4O3. The van der Waals surface area contributed by atoms with Crippen LogP contribution in [0.2, 0.25) is 0 Å². The molecule has 2 aromatic rings. The van der Waals surface area contributed by atoms with Crippen LogP contribution in [-0.4, -0.2) is 44.7 Å². The zero-order valence-electron chi connectivity index (χ0n) is 17.2. The van der Waals surface area contributed by atoms with Gasteiger partial charge in [-0.1, -0.05) is 18.9 Å². The number of nitrogens with zero attached hydrogens (tertiary/aromatic N) is 3. The summed E-state index contributed by atoms with van der Waals surface area (Å²) in [6.45, 7) is 2.77. The number of aromatic nitrogens is 2. The SMILES string of the molecule is CC(C)(F)C(=O)N[C@@H]1CCCC[C@H]1N1Cc2ccc(-c3nnc(C(F)F)o3)cc2C1=O. The van der Waals surface area contributed by atoms with E-state index in [1.165, 1.54) is 13.8 Å². The standard InChI is InChI=1S/C21H23F3N4O3/c1-21(2,24)20(30)25-14-5-3-4-6-15(14)28-10-12-8-7-11(9-13(12)19(28)29)17-26-27-18(31-17)16(22)23/h7-9,14-16H,3-6,10H2,1-2H3,(H,25,30)/t14-,15-/m1/s1. The highest BCUT2D eigenvalue weighted by atomic mass is 19.3. The summed E-state index contributed by atoms with van der Waals surface area (Å²) >= 11 is 0. The average Bonchev–Trinajstić information content (AvgIpc) is 3.33. The van der Waals surface area contributed by atoms with Crippen LogP contribution in [0.4, 0.5) is 13.2 Å². The molecule has 1 fully saturated rings. The lowest BCUT2D eigenvalue weighted by molar-refractivity contribution is -0.132. The molecule has 1 aliphatic carbocycles. The normalized spacial score (nSPS) is 21.5. The Balaban J connectivity index is 1.55. The van der Waals surface area contributed by atoms with Gasteiger partial charge in [0.25, 0.3) is 17.7 Å². The summed E-state index contributed by atoms with van der Waals surface area (Å²) in [5.41, 5.74) is -0.420. The van der Waals surface area contributed by atoms with Crippen LogP contribution in [0.3, 0.4) is 0 Å². The second kappa shape index (κ2) is 7.97. The Morgan fingerprint density at radius 2 is 2.00 bits per heavy atom. The van der Waals surface area contributed by atoms with E-state index in [2.05, 4.69) is 15.5 Å². The highest BCUT2D eigenvalue weighted by molar-refractivity contribution is 5.99. The van der Waals surface area contributed by atoms with Crippen LogP contribution in [0.5, 0.6) is 0 Å². The average molecular weight is 436 g/mol. The van der Waals surface area contributed by atoms with Crippen LogP contribution in [0.25, 0.3) is 11.5 Å². The van der Waals surface area contributed by atoms with Gasteiger partial charge in [-0.3, -0.25) is 9.59 Å². The fourth-order valence-electron chi connectivity index (χ4n) is 4.16. The minimum absolute atomic E-state index is 0.0858. The lowest BCUT2D eigenvalue weighted by Gasteiger charge is -2.39. The Morgan fingerprint density at radius 3 is 2.68 bits per heavy atom. The molecule has 2 atom stereocenters. The van der Waals surface area contributed by atoms with Gasteiger partial charge in [0, 0.05) is 23.7 Å². The number of alkyl halides is 3. The molecule has 31 heavy (non-hydrogen) atoms. The second-order valence-corrected chi connectivity index (χ2v) is 8.46. The monoisotopic (exact) mass is 436 g/mol. The second-order valence-electron chi connectivity index (χ2n) is 8.46. The van der Waals surface area contributed by atoms with Gasteiger partial charge >= 0.3 is 6.43 Å². The van der Waals surface area contributed by atoms with Crippen molar-refractivity contribution in [3.05, 3.63) is 35.2 Å². The number of carbonyl (C=O) groups excluding carboxylic acids is 2. The van der Waals surface area contributed by atoms with Crippen molar-refractivity contribution in [1.29, 1.82) is 0 Å². The number of carbonyl (C=O) groups is 2. The maximum Gasteiger partial charge on any atom is 0.314 e. The predicted octanol–water partition coefficient (Wildman–Crippen LogP) is 3.81. The van der Waals surface area contributed by atoms with E-state index in [1.54, 1.807) is 23.1 Å². The van der Waals surface area contributed by atoms with Crippen LogP contribution >= 0.6 is 0 Å². The number of hydrogen-bond acceptors (Lipinski definition) is 5. The van der Waals surface area contributed by atoms with Gasteiger partial charge < -0.3 is 14.6 Å². The first-order valence-corrected chi connectivity index (χ1v) is 10.2. The van der Waals surface area contributed by atoms with Crippen LogP contribution in [0.1, 0.15) is 67.8 Å². The van der Waals surface area contributed by atoms with Crippen molar-refractivity contribution in [2.24, 2.45) is 0 Å². The molecule has 0 radical (unpaired) electrons. The molecule has 1 aromatic heterocycles. The van der Waals surface area contributed by atoms with Gasteiger partial charge in [0.05, 0.1) is 6.04 Å². The Kier molecular flexibility index (Phi) is 5.49. The van der Waals surface area contributed by atoms with Crippen molar-refractivity contribution in [2.75, 3.05) is 0 Å². The third-order valence-corrected chi connectivity index (χ3v) is 5.80. The highest BCUT2D eigenvalue weighted by Crippen LogP contribution is 2.34. The Morgan fingerprint density at radius 1 is 1.26 bits per heavy atom. The first-order chi connectivity index (χ1) is 14.6. The Hall–Kier alpha value is -2.91. The minimum Gasteiger partial charge on any atom is -0.415 e. The van der Waals surface area contributed by atoms with Gasteiger partial charge in [-0.15, -0.1) is 10.2 Å². The van der Waals surface area contributed by atoms with Gasteiger partial charge in [-0.25, -0.2) is 4.39 Å². The van der Waals surface area contributed by atoms with E-state index in [4.69, 9.17) is 4.42 Å². The van der Waals surface area contributed by atoms with E-state index < -0.39 is 23.9 Å². The fraction of sp³-hybridized carbons (Fsp3) is 0.524. The topological polar surface area (TPSA) is 88.3 Å². The summed E-state index contributed by atoms with van der Waals surface area (Å²) in [5, 5.41) is 9.72. The summed E-state index contributed by atoms with van der Waals surface area (Å²) < 4.78 is 44.5. The lowest BCUT2D eigenvalue weighted by Crippen LogP contribution is -2.56. The molecule has 4 rings (SSSR count). The summed E-state index contributed by atoms with van der Waals surface area (Å²) in [7, 11) is 0. The number of nitrogens with one attached hydrogen (secondary N) is 1. The van der Waals surface area contributed by atoms with Gasteiger partial charge in [0.2, 0.25) is 5.89 Å². The van der Waals surface area contributed by atoms with Crippen molar-refractivity contribution in [1.82, 2.24) is 20.4 Å². The molecule has 0 unspecified atom stereocenters. The van der Waals surface area contributed by atoms with E-state index in [1.807, 2.05) is 0 Å². The maximum atomic E-state index is 14.0. The maximum absolute atomic E-state index is 14.0. The van der Waals surface area contributed by atoms with Crippen LogP contribution in [0, 0.1) is 0 Å².